The minimum absolute atomic E-state index is 0.000165. The number of carboxylic acid groups (broad SMARTS) is 1. The highest BCUT2D eigenvalue weighted by molar-refractivity contribution is 7.16. The van der Waals surface area contributed by atoms with E-state index in [0.29, 0.717) is 18.0 Å². The lowest BCUT2D eigenvalue weighted by atomic mass is 10.1. The van der Waals surface area contributed by atoms with Gasteiger partial charge in [0.2, 0.25) is 0 Å². The number of benzene rings is 1. The van der Waals surface area contributed by atoms with Crippen LogP contribution >= 0.6 is 11.3 Å². The first-order valence-electron chi connectivity index (χ1n) is 8.70. The van der Waals surface area contributed by atoms with Crippen LogP contribution in [0.4, 0.5) is 0 Å². The van der Waals surface area contributed by atoms with E-state index < -0.39 is 5.97 Å². The summed E-state index contributed by atoms with van der Waals surface area (Å²) in [5.74, 6) is -0.979. The van der Waals surface area contributed by atoms with Crippen molar-refractivity contribution in [1.82, 2.24) is 19.7 Å². The van der Waals surface area contributed by atoms with Crippen molar-refractivity contribution < 1.29 is 14.7 Å². The largest absolute Gasteiger partial charge is 0.478 e. The molecule has 1 amide bonds. The van der Waals surface area contributed by atoms with E-state index in [1.807, 2.05) is 35.2 Å². The van der Waals surface area contributed by atoms with Gasteiger partial charge in [0.1, 0.15) is 9.88 Å². The Hall–Kier alpha value is -3.00. The lowest BCUT2D eigenvalue weighted by molar-refractivity contribution is 0.0691. The number of aromatic nitrogens is 3. The highest BCUT2D eigenvalue weighted by atomic mass is 32.1. The van der Waals surface area contributed by atoms with Crippen molar-refractivity contribution in [3.05, 3.63) is 59.4 Å². The highest BCUT2D eigenvalue weighted by Crippen LogP contribution is 2.28. The first-order chi connectivity index (χ1) is 13.1. The summed E-state index contributed by atoms with van der Waals surface area (Å²) in [4.78, 5) is 30.6. The van der Waals surface area contributed by atoms with Crippen molar-refractivity contribution in [2.75, 3.05) is 13.1 Å². The number of carbonyl (C=O) groups excluding carboxylic acids is 1. The third kappa shape index (κ3) is 3.61. The zero-order valence-electron chi connectivity index (χ0n) is 14.5. The minimum atomic E-state index is -0.978. The Labute approximate surface area is 159 Å². The summed E-state index contributed by atoms with van der Waals surface area (Å²) in [5.41, 5.74) is 1.19. The Bertz CT molecular complexity index is 958. The number of piperidine rings is 1. The zero-order valence-corrected chi connectivity index (χ0v) is 15.3. The molecule has 0 spiro atoms. The fraction of sp³-hybridized carbons (Fsp3) is 0.263. The standard InChI is InChI=1S/C19H18N4O3S/c24-18(16-11-20-17(27-16)13-4-2-1-3-5-13)22-8-6-15(7-9-22)23-12-14(10-21-23)19(25)26/h1-5,10-12,15H,6-9H2,(H,25,26). The summed E-state index contributed by atoms with van der Waals surface area (Å²) in [6.07, 6.45) is 6.06. The van der Waals surface area contributed by atoms with Crippen molar-refractivity contribution in [1.29, 1.82) is 0 Å². The summed E-state index contributed by atoms with van der Waals surface area (Å²) < 4.78 is 1.70. The van der Waals surface area contributed by atoms with Crippen LogP contribution in [-0.4, -0.2) is 49.7 Å². The van der Waals surface area contributed by atoms with Gasteiger partial charge in [0.05, 0.1) is 24.0 Å². The Morgan fingerprint density at radius 2 is 1.85 bits per heavy atom. The molecule has 1 saturated heterocycles. The molecule has 138 valence electrons. The van der Waals surface area contributed by atoms with Gasteiger partial charge in [-0.1, -0.05) is 30.3 Å². The van der Waals surface area contributed by atoms with Gasteiger partial charge in [-0.25, -0.2) is 9.78 Å². The number of carbonyl (C=O) groups is 2. The van der Waals surface area contributed by atoms with Crippen LogP contribution in [0, 0.1) is 0 Å². The number of hydrogen-bond acceptors (Lipinski definition) is 5. The van der Waals surface area contributed by atoms with Gasteiger partial charge in [0, 0.05) is 24.8 Å². The van der Waals surface area contributed by atoms with Crippen molar-refractivity contribution in [3.63, 3.8) is 0 Å². The molecule has 1 aliphatic rings. The SMILES string of the molecule is O=C(O)c1cnn(C2CCN(C(=O)c3cnc(-c4ccccc4)s3)CC2)c1. The summed E-state index contributed by atoms with van der Waals surface area (Å²) in [6.45, 7) is 1.23. The molecular formula is C19H18N4O3S. The summed E-state index contributed by atoms with van der Waals surface area (Å²) in [6, 6.07) is 9.93. The maximum absolute atomic E-state index is 12.8. The molecule has 1 aromatic carbocycles. The normalized spacial score (nSPS) is 15.0. The second-order valence-electron chi connectivity index (χ2n) is 6.43. The number of thiazole rings is 1. The fourth-order valence-corrected chi connectivity index (χ4v) is 4.11. The van der Waals surface area contributed by atoms with Gasteiger partial charge < -0.3 is 10.0 Å². The average molecular weight is 382 g/mol. The summed E-state index contributed by atoms with van der Waals surface area (Å²) >= 11 is 1.41. The number of likely N-dealkylation sites (tertiary alicyclic amines) is 1. The molecule has 0 radical (unpaired) electrons. The lowest BCUT2D eigenvalue weighted by Crippen LogP contribution is -2.38. The van der Waals surface area contributed by atoms with Crippen molar-refractivity contribution in [2.24, 2.45) is 0 Å². The Morgan fingerprint density at radius 3 is 2.52 bits per heavy atom. The van der Waals surface area contributed by atoms with E-state index in [0.717, 1.165) is 23.4 Å². The van der Waals surface area contributed by atoms with Crippen molar-refractivity contribution in [3.8, 4) is 10.6 Å². The van der Waals surface area contributed by atoms with E-state index in [1.165, 1.54) is 17.5 Å². The molecule has 2 aromatic heterocycles. The van der Waals surface area contributed by atoms with E-state index in [4.69, 9.17) is 5.11 Å². The summed E-state index contributed by atoms with van der Waals surface area (Å²) in [5, 5.41) is 14.0. The van der Waals surface area contributed by atoms with Gasteiger partial charge in [0.25, 0.3) is 5.91 Å². The molecule has 0 atom stereocenters. The molecule has 0 unspecified atom stereocenters. The van der Waals surface area contributed by atoms with E-state index in [1.54, 1.807) is 17.1 Å². The maximum Gasteiger partial charge on any atom is 0.338 e. The topological polar surface area (TPSA) is 88.3 Å². The average Bonchev–Trinajstić information content (AvgIpc) is 3.38. The molecule has 4 rings (SSSR count). The van der Waals surface area contributed by atoms with Gasteiger partial charge in [-0.2, -0.15) is 5.10 Å². The Kier molecular flexibility index (Phi) is 4.72. The van der Waals surface area contributed by atoms with Gasteiger partial charge in [-0.3, -0.25) is 9.48 Å². The van der Waals surface area contributed by atoms with Gasteiger partial charge in [0.15, 0.2) is 0 Å². The van der Waals surface area contributed by atoms with E-state index in [-0.39, 0.29) is 17.5 Å². The number of nitrogens with zero attached hydrogens (tertiary/aromatic N) is 4. The number of amides is 1. The second kappa shape index (κ2) is 7.32. The van der Waals surface area contributed by atoms with Gasteiger partial charge in [-0.05, 0) is 12.8 Å². The number of rotatable bonds is 4. The predicted molar refractivity (Wildman–Crippen MR) is 101 cm³/mol. The number of carboxylic acids is 1. The third-order valence-corrected chi connectivity index (χ3v) is 5.75. The van der Waals surface area contributed by atoms with Crippen LogP contribution in [0.2, 0.25) is 0 Å². The Morgan fingerprint density at radius 1 is 1.11 bits per heavy atom. The van der Waals surface area contributed by atoms with Crippen LogP contribution in [0.25, 0.3) is 10.6 Å². The first kappa shape index (κ1) is 17.4. The van der Waals surface area contributed by atoms with Crippen LogP contribution in [0.3, 0.4) is 0 Å². The van der Waals surface area contributed by atoms with Crippen molar-refractivity contribution >= 4 is 23.2 Å². The van der Waals surface area contributed by atoms with Crippen LogP contribution in [-0.2, 0) is 0 Å². The van der Waals surface area contributed by atoms with Gasteiger partial charge in [-0.15, -0.1) is 11.3 Å². The van der Waals surface area contributed by atoms with Crippen LogP contribution in [0.1, 0.15) is 38.9 Å². The fourth-order valence-electron chi connectivity index (χ4n) is 3.22. The molecule has 1 aliphatic heterocycles. The van der Waals surface area contributed by atoms with E-state index >= 15 is 0 Å². The predicted octanol–water partition coefficient (Wildman–Crippen LogP) is 3.18. The monoisotopic (exact) mass is 382 g/mol. The van der Waals surface area contributed by atoms with Crippen LogP contribution in [0.5, 0.6) is 0 Å². The third-order valence-electron chi connectivity index (χ3n) is 4.71. The molecule has 27 heavy (non-hydrogen) atoms. The zero-order chi connectivity index (χ0) is 18.8. The molecule has 1 N–H and O–H groups in total. The van der Waals surface area contributed by atoms with Crippen LogP contribution < -0.4 is 0 Å². The molecule has 3 heterocycles. The minimum Gasteiger partial charge on any atom is -0.478 e. The maximum atomic E-state index is 12.8. The number of aromatic carboxylic acids is 1. The first-order valence-corrected chi connectivity index (χ1v) is 9.51. The van der Waals surface area contributed by atoms with E-state index in [2.05, 4.69) is 10.1 Å². The highest BCUT2D eigenvalue weighted by Gasteiger charge is 2.26. The molecule has 7 nitrogen and oxygen atoms in total. The number of hydrogen-bond donors (Lipinski definition) is 1. The molecular weight excluding hydrogens is 364 g/mol. The molecule has 8 heteroatoms. The summed E-state index contributed by atoms with van der Waals surface area (Å²) in [7, 11) is 0. The van der Waals surface area contributed by atoms with E-state index in [9.17, 15) is 9.59 Å². The molecule has 1 fully saturated rings. The molecule has 0 aliphatic carbocycles. The lowest BCUT2D eigenvalue weighted by Gasteiger charge is -2.31. The Balaban J connectivity index is 1.40. The quantitative estimate of drug-likeness (QED) is 0.749. The van der Waals surface area contributed by atoms with Crippen molar-refractivity contribution in [2.45, 2.75) is 18.9 Å². The second-order valence-corrected chi connectivity index (χ2v) is 7.46. The van der Waals surface area contributed by atoms with Crippen LogP contribution in [0.15, 0.2) is 48.9 Å². The molecule has 0 saturated carbocycles. The van der Waals surface area contributed by atoms with Gasteiger partial charge >= 0.3 is 5.97 Å². The smallest absolute Gasteiger partial charge is 0.338 e. The molecule has 0 bridgehead atoms. The molecule has 3 aromatic rings.